The number of rotatable bonds is 4. The normalized spacial score (nSPS) is 20.2. The molecule has 6 heteroatoms. The van der Waals surface area contributed by atoms with E-state index in [2.05, 4.69) is 0 Å². The minimum absolute atomic E-state index is 0.165. The Bertz CT molecular complexity index is 691. The zero-order valence-corrected chi connectivity index (χ0v) is 13.7. The SMILES string of the molecule is COc1cc(C#N)ccc1OC(=O)C1CCCN(C(=O)C2CC2)C1. The molecule has 1 aliphatic carbocycles. The van der Waals surface area contributed by atoms with Gasteiger partial charge in [0.15, 0.2) is 11.5 Å². The number of nitrogens with zero attached hydrogens (tertiary/aromatic N) is 2. The number of nitriles is 1. The van der Waals surface area contributed by atoms with Crippen LogP contribution in [0.25, 0.3) is 0 Å². The molecule has 1 heterocycles. The second-order valence-corrected chi connectivity index (χ2v) is 6.30. The largest absolute Gasteiger partial charge is 0.493 e. The molecule has 3 rings (SSSR count). The number of carbonyl (C=O) groups excluding carboxylic acids is 2. The van der Waals surface area contributed by atoms with Crippen LogP contribution in [-0.2, 0) is 9.59 Å². The van der Waals surface area contributed by atoms with Crippen molar-refractivity contribution in [2.75, 3.05) is 20.2 Å². The Hall–Kier alpha value is -2.55. The molecule has 0 radical (unpaired) electrons. The van der Waals surface area contributed by atoms with Crippen molar-refractivity contribution in [3.05, 3.63) is 23.8 Å². The second kappa shape index (κ2) is 6.91. The summed E-state index contributed by atoms with van der Waals surface area (Å²) in [5.74, 6) is 0.311. The van der Waals surface area contributed by atoms with Crippen molar-refractivity contribution >= 4 is 11.9 Å². The maximum Gasteiger partial charge on any atom is 0.316 e. The van der Waals surface area contributed by atoms with Gasteiger partial charge >= 0.3 is 5.97 Å². The van der Waals surface area contributed by atoms with Crippen molar-refractivity contribution in [3.63, 3.8) is 0 Å². The van der Waals surface area contributed by atoms with E-state index in [0.717, 1.165) is 25.8 Å². The van der Waals surface area contributed by atoms with Gasteiger partial charge < -0.3 is 14.4 Å². The first kappa shape index (κ1) is 16.3. The lowest BCUT2D eigenvalue weighted by Crippen LogP contribution is -2.44. The van der Waals surface area contributed by atoms with Gasteiger partial charge in [-0.3, -0.25) is 9.59 Å². The molecule has 1 aromatic carbocycles. The lowest BCUT2D eigenvalue weighted by atomic mass is 9.98. The molecular formula is C18H20N2O4. The van der Waals surface area contributed by atoms with Gasteiger partial charge in [0.25, 0.3) is 0 Å². The fraction of sp³-hybridized carbons (Fsp3) is 0.500. The van der Waals surface area contributed by atoms with Crippen molar-refractivity contribution in [1.29, 1.82) is 5.26 Å². The summed E-state index contributed by atoms with van der Waals surface area (Å²) in [5, 5.41) is 8.91. The summed E-state index contributed by atoms with van der Waals surface area (Å²) in [6.45, 7) is 1.14. The Morgan fingerprint density at radius 3 is 2.67 bits per heavy atom. The van der Waals surface area contributed by atoms with Crippen LogP contribution in [0.3, 0.4) is 0 Å². The molecule has 6 nitrogen and oxygen atoms in total. The van der Waals surface area contributed by atoms with Crippen LogP contribution in [-0.4, -0.2) is 37.0 Å². The molecular weight excluding hydrogens is 308 g/mol. The van der Waals surface area contributed by atoms with E-state index in [9.17, 15) is 9.59 Å². The van der Waals surface area contributed by atoms with Crippen LogP contribution in [0.1, 0.15) is 31.2 Å². The highest BCUT2D eigenvalue weighted by Gasteiger charge is 2.37. The zero-order chi connectivity index (χ0) is 17.1. The third-order valence-corrected chi connectivity index (χ3v) is 4.50. The van der Waals surface area contributed by atoms with Crippen LogP contribution < -0.4 is 9.47 Å². The predicted octanol–water partition coefficient (Wildman–Crippen LogP) is 2.12. The van der Waals surface area contributed by atoms with E-state index < -0.39 is 0 Å². The smallest absolute Gasteiger partial charge is 0.316 e. The molecule has 1 aromatic rings. The first-order chi connectivity index (χ1) is 11.6. The quantitative estimate of drug-likeness (QED) is 0.625. The number of piperidine rings is 1. The number of carbonyl (C=O) groups is 2. The average molecular weight is 328 g/mol. The van der Waals surface area contributed by atoms with Crippen molar-refractivity contribution in [1.82, 2.24) is 4.90 Å². The third-order valence-electron chi connectivity index (χ3n) is 4.50. The van der Waals surface area contributed by atoms with Gasteiger partial charge in [0.1, 0.15) is 0 Å². The monoisotopic (exact) mass is 328 g/mol. The number of amides is 1. The highest BCUT2D eigenvalue weighted by Crippen LogP contribution is 2.33. The molecule has 1 unspecified atom stereocenters. The molecule has 0 bridgehead atoms. The van der Waals surface area contributed by atoms with Crippen LogP contribution in [0.15, 0.2) is 18.2 Å². The molecule has 1 amide bonds. The average Bonchev–Trinajstić information content (AvgIpc) is 3.46. The molecule has 24 heavy (non-hydrogen) atoms. The van der Waals surface area contributed by atoms with Crippen molar-refractivity contribution in [2.45, 2.75) is 25.7 Å². The lowest BCUT2D eigenvalue weighted by Gasteiger charge is -2.31. The number of likely N-dealkylation sites (tertiary alicyclic amines) is 1. The van der Waals surface area contributed by atoms with E-state index in [1.54, 1.807) is 17.0 Å². The van der Waals surface area contributed by atoms with E-state index in [0.29, 0.717) is 30.0 Å². The Kier molecular flexibility index (Phi) is 4.70. The van der Waals surface area contributed by atoms with Gasteiger partial charge in [-0.2, -0.15) is 5.26 Å². The maximum absolute atomic E-state index is 12.5. The van der Waals surface area contributed by atoms with Crippen molar-refractivity contribution < 1.29 is 19.1 Å². The summed E-state index contributed by atoms with van der Waals surface area (Å²) in [6.07, 6.45) is 3.45. The van der Waals surface area contributed by atoms with Gasteiger partial charge in [-0.05, 0) is 37.8 Å². The fourth-order valence-corrected chi connectivity index (χ4v) is 2.97. The molecule has 2 fully saturated rings. The lowest BCUT2D eigenvalue weighted by molar-refractivity contribution is -0.143. The van der Waals surface area contributed by atoms with Gasteiger partial charge in [-0.15, -0.1) is 0 Å². The maximum atomic E-state index is 12.5. The summed E-state index contributed by atoms with van der Waals surface area (Å²) < 4.78 is 10.7. The summed E-state index contributed by atoms with van der Waals surface area (Å²) in [4.78, 5) is 26.4. The number of benzene rings is 1. The standard InChI is InChI=1S/C18H20N2O4/c1-23-16-9-12(10-19)4-7-15(16)24-18(22)14-3-2-8-20(11-14)17(21)13-5-6-13/h4,7,9,13-14H,2-3,5-6,8,11H2,1H3. The molecule has 1 aliphatic heterocycles. The molecule has 0 N–H and O–H groups in total. The predicted molar refractivity (Wildman–Crippen MR) is 85.4 cm³/mol. The molecule has 0 aromatic heterocycles. The Morgan fingerprint density at radius 1 is 1.21 bits per heavy atom. The van der Waals surface area contributed by atoms with E-state index in [4.69, 9.17) is 14.7 Å². The van der Waals surface area contributed by atoms with Gasteiger partial charge in [-0.1, -0.05) is 0 Å². The molecule has 1 atom stereocenters. The van der Waals surface area contributed by atoms with Crippen molar-refractivity contribution in [2.24, 2.45) is 11.8 Å². The summed E-state index contributed by atoms with van der Waals surface area (Å²) >= 11 is 0. The minimum Gasteiger partial charge on any atom is -0.493 e. The minimum atomic E-state index is -0.355. The van der Waals surface area contributed by atoms with Crippen molar-refractivity contribution in [3.8, 4) is 17.6 Å². The number of esters is 1. The molecule has 2 aliphatic rings. The van der Waals surface area contributed by atoms with Crippen LogP contribution in [0, 0.1) is 23.2 Å². The Labute approximate surface area is 141 Å². The van der Waals surface area contributed by atoms with E-state index in [1.807, 2.05) is 6.07 Å². The Balaban J connectivity index is 1.66. The number of hydrogen-bond donors (Lipinski definition) is 0. The zero-order valence-electron chi connectivity index (χ0n) is 13.7. The van der Waals surface area contributed by atoms with Gasteiger partial charge in [0, 0.05) is 25.1 Å². The number of ether oxygens (including phenoxy) is 2. The van der Waals surface area contributed by atoms with Crippen LogP contribution >= 0.6 is 0 Å². The van der Waals surface area contributed by atoms with Crippen LogP contribution in [0.4, 0.5) is 0 Å². The summed E-state index contributed by atoms with van der Waals surface area (Å²) in [6, 6.07) is 6.69. The third kappa shape index (κ3) is 3.51. The van der Waals surface area contributed by atoms with Gasteiger partial charge in [-0.25, -0.2) is 0 Å². The van der Waals surface area contributed by atoms with Gasteiger partial charge in [0.05, 0.1) is 24.7 Å². The number of hydrogen-bond acceptors (Lipinski definition) is 5. The summed E-state index contributed by atoms with van der Waals surface area (Å²) in [7, 11) is 1.46. The Morgan fingerprint density at radius 2 is 2.00 bits per heavy atom. The van der Waals surface area contributed by atoms with Gasteiger partial charge in [0.2, 0.25) is 5.91 Å². The van der Waals surface area contributed by atoms with Crippen LogP contribution in [0.5, 0.6) is 11.5 Å². The molecule has 1 saturated carbocycles. The van der Waals surface area contributed by atoms with E-state index in [1.165, 1.54) is 13.2 Å². The molecule has 0 spiro atoms. The molecule has 126 valence electrons. The highest BCUT2D eigenvalue weighted by molar-refractivity contribution is 5.82. The van der Waals surface area contributed by atoms with E-state index in [-0.39, 0.29) is 23.7 Å². The first-order valence-electron chi connectivity index (χ1n) is 8.21. The second-order valence-electron chi connectivity index (χ2n) is 6.30. The topological polar surface area (TPSA) is 79.6 Å². The number of methoxy groups -OCH3 is 1. The fourth-order valence-electron chi connectivity index (χ4n) is 2.97. The van der Waals surface area contributed by atoms with Crippen LogP contribution in [0.2, 0.25) is 0 Å². The first-order valence-corrected chi connectivity index (χ1v) is 8.21. The summed E-state index contributed by atoms with van der Waals surface area (Å²) in [5.41, 5.74) is 0.436. The van der Waals surface area contributed by atoms with E-state index >= 15 is 0 Å². The molecule has 1 saturated heterocycles. The highest BCUT2D eigenvalue weighted by atomic mass is 16.6.